The lowest BCUT2D eigenvalue weighted by atomic mass is 9.65. The Morgan fingerprint density at radius 1 is 1.13 bits per heavy atom. The third-order valence-corrected chi connectivity index (χ3v) is 7.78. The molecule has 2 aliphatic heterocycles. The molecule has 30 heavy (non-hydrogen) atoms. The van der Waals surface area contributed by atoms with Gasteiger partial charge in [-0.2, -0.15) is 0 Å². The van der Waals surface area contributed by atoms with Gasteiger partial charge in [-0.1, -0.05) is 55.5 Å². The van der Waals surface area contributed by atoms with Crippen LogP contribution in [-0.2, 0) is 11.2 Å². The molecule has 0 radical (unpaired) electrons. The molecule has 0 unspecified atom stereocenters. The number of nitrogens with zero attached hydrogens (tertiary/aromatic N) is 1. The van der Waals surface area contributed by atoms with Crippen molar-refractivity contribution < 1.29 is 9.53 Å². The number of amides is 1. The van der Waals surface area contributed by atoms with E-state index in [1.165, 1.54) is 18.4 Å². The van der Waals surface area contributed by atoms with Crippen molar-refractivity contribution in [1.82, 2.24) is 10.2 Å². The summed E-state index contributed by atoms with van der Waals surface area (Å²) in [5, 5.41) is 3.97. The number of carbonyl (C=O) groups excluding carboxylic acids is 1. The van der Waals surface area contributed by atoms with Crippen LogP contribution in [0, 0.1) is 12.3 Å². The van der Waals surface area contributed by atoms with Crippen molar-refractivity contribution in [3.63, 3.8) is 0 Å². The van der Waals surface area contributed by atoms with Crippen molar-refractivity contribution in [2.75, 3.05) is 6.61 Å². The lowest BCUT2D eigenvalue weighted by molar-refractivity contribution is -0.137. The Balaban J connectivity index is 1.38. The normalized spacial score (nSPS) is 32.1. The molecule has 2 heterocycles. The molecule has 5 atom stereocenters. The molecule has 158 valence electrons. The highest BCUT2D eigenvalue weighted by Crippen LogP contribution is 2.53. The van der Waals surface area contributed by atoms with E-state index < -0.39 is 0 Å². The molecule has 2 aromatic carbocycles. The summed E-state index contributed by atoms with van der Waals surface area (Å²) in [6.45, 7) is 4.54. The maximum atomic E-state index is 13.5. The van der Waals surface area contributed by atoms with Crippen molar-refractivity contribution in [2.24, 2.45) is 5.41 Å². The molecule has 4 nitrogen and oxygen atoms in total. The maximum Gasteiger partial charge on any atom is 0.261 e. The average Bonchev–Trinajstić information content (AvgIpc) is 3.06. The minimum atomic E-state index is 0.122. The van der Waals surface area contributed by atoms with E-state index in [9.17, 15) is 4.79 Å². The average molecular weight is 405 g/mol. The fourth-order valence-electron chi connectivity index (χ4n) is 6.26. The van der Waals surface area contributed by atoms with Crippen LogP contribution in [0.2, 0.25) is 0 Å². The van der Waals surface area contributed by atoms with Crippen LogP contribution in [-0.4, -0.2) is 41.6 Å². The molecule has 1 amide bonds. The summed E-state index contributed by atoms with van der Waals surface area (Å²) in [4.78, 5) is 15.7. The number of likely N-dealkylation sites (tertiary alicyclic amines) is 1. The van der Waals surface area contributed by atoms with Crippen molar-refractivity contribution in [1.29, 1.82) is 0 Å². The fraction of sp³-hybridized carbons (Fsp3) is 0.500. The van der Waals surface area contributed by atoms with E-state index in [1.54, 1.807) is 0 Å². The summed E-state index contributed by atoms with van der Waals surface area (Å²) >= 11 is 0. The molecule has 2 saturated heterocycles. The molecule has 4 heteroatoms. The summed E-state index contributed by atoms with van der Waals surface area (Å²) in [5.41, 5.74) is 2.58. The highest BCUT2D eigenvalue weighted by atomic mass is 16.5. The smallest absolute Gasteiger partial charge is 0.261 e. The molecular formula is C26H32N2O2. The number of aryl methyl sites for hydroxylation is 1. The SMILES string of the molecule is Cc1ccccc1OCC(=O)N1[C@H]2CCC[C@H]3N[C@H](Cc4ccccc4)[C@@H]1C[C@@]23C. The predicted octanol–water partition coefficient (Wildman–Crippen LogP) is 4.12. The summed E-state index contributed by atoms with van der Waals surface area (Å²) in [7, 11) is 0. The second kappa shape index (κ2) is 7.73. The van der Waals surface area contributed by atoms with Gasteiger partial charge in [0.05, 0.1) is 0 Å². The van der Waals surface area contributed by atoms with E-state index in [0.717, 1.165) is 30.6 Å². The van der Waals surface area contributed by atoms with Crippen molar-refractivity contribution in [3.8, 4) is 5.75 Å². The third kappa shape index (κ3) is 3.31. The molecule has 3 aliphatic rings. The van der Waals surface area contributed by atoms with E-state index in [-0.39, 0.29) is 24.0 Å². The Morgan fingerprint density at radius 2 is 1.90 bits per heavy atom. The number of rotatable bonds is 5. The van der Waals surface area contributed by atoms with Crippen LogP contribution in [0.3, 0.4) is 0 Å². The Morgan fingerprint density at radius 3 is 2.70 bits per heavy atom. The Kier molecular flexibility index (Phi) is 5.06. The largest absolute Gasteiger partial charge is 0.484 e. The quantitative estimate of drug-likeness (QED) is 0.815. The maximum absolute atomic E-state index is 13.5. The van der Waals surface area contributed by atoms with E-state index in [4.69, 9.17) is 4.74 Å². The number of hydrogen-bond acceptors (Lipinski definition) is 3. The van der Waals surface area contributed by atoms with Gasteiger partial charge >= 0.3 is 0 Å². The Labute approximate surface area is 179 Å². The van der Waals surface area contributed by atoms with Gasteiger partial charge in [-0.15, -0.1) is 0 Å². The molecule has 0 aromatic heterocycles. The van der Waals surface area contributed by atoms with Crippen molar-refractivity contribution in [2.45, 2.75) is 70.1 Å². The van der Waals surface area contributed by atoms with Crippen LogP contribution in [0.15, 0.2) is 54.6 Å². The first-order valence-electron chi connectivity index (χ1n) is 11.4. The van der Waals surface area contributed by atoms with E-state index in [1.807, 2.05) is 31.2 Å². The minimum Gasteiger partial charge on any atom is -0.484 e. The van der Waals surface area contributed by atoms with Gasteiger partial charge in [-0.3, -0.25) is 4.79 Å². The van der Waals surface area contributed by atoms with Gasteiger partial charge in [0.1, 0.15) is 5.75 Å². The number of hydrogen-bond donors (Lipinski definition) is 1. The second-order valence-corrected chi connectivity index (χ2v) is 9.59. The molecule has 2 aromatic rings. The first-order valence-corrected chi connectivity index (χ1v) is 11.4. The molecule has 0 spiro atoms. The van der Waals surface area contributed by atoms with Crippen LogP contribution in [0.25, 0.3) is 0 Å². The van der Waals surface area contributed by atoms with Crippen LogP contribution in [0.5, 0.6) is 5.75 Å². The molecule has 3 fully saturated rings. The van der Waals surface area contributed by atoms with Crippen molar-refractivity contribution in [3.05, 3.63) is 65.7 Å². The second-order valence-electron chi connectivity index (χ2n) is 9.59. The highest BCUT2D eigenvalue weighted by molar-refractivity contribution is 5.79. The van der Waals surface area contributed by atoms with Crippen molar-refractivity contribution >= 4 is 5.91 Å². The number of benzene rings is 2. The lowest BCUT2D eigenvalue weighted by Gasteiger charge is -2.46. The van der Waals surface area contributed by atoms with E-state index >= 15 is 0 Å². The molecule has 5 rings (SSSR count). The van der Waals surface area contributed by atoms with Gasteiger partial charge in [0.15, 0.2) is 6.61 Å². The molecule has 2 bridgehead atoms. The summed E-state index contributed by atoms with van der Waals surface area (Å²) in [6.07, 6.45) is 5.58. The van der Waals surface area contributed by atoms with Gasteiger partial charge in [-0.05, 0) is 56.2 Å². The minimum absolute atomic E-state index is 0.122. The first-order chi connectivity index (χ1) is 14.6. The number of carbonyl (C=O) groups is 1. The number of ether oxygens (including phenoxy) is 1. The van der Waals surface area contributed by atoms with Gasteiger partial charge in [0, 0.05) is 29.6 Å². The summed E-state index contributed by atoms with van der Waals surface area (Å²) in [5.74, 6) is 0.944. The molecule has 1 aliphatic carbocycles. The van der Waals surface area contributed by atoms with Crippen LogP contribution < -0.4 is 10.1 Å². The number of piperidine rings is 1. The lowest BCUT2D eigenvalue weighted by Crippen LogP contribution is -2.58. The van der Waals surface area contributed by atoms with E-state index in [0.29, 0.717) is 18.1 Å². The third-order valence-electron chi connectivity index (χ3n) is 7.78. The number of fused-ring (bicyclic) bond motifs is 1. The summed E-state index contributed by atoms with van der Waals surface area (Å²) in [6, 6.07) is 20.0. The van der Waals surface area contributed by atoms with Crippen LogP contribution >= 0.6 is 0 Å². The van der Waals surface area contributed by atoms with Gasteiger partial charge in [-0.25, -0.2) is 0 Å². The Hall–Kier alpha value is -2.33. The van der Waals surface area contributed by atoms with Crippen LogP contribution in [0.1, 0.15) is 43.7 Å². The Bertz CT molecular complexity index is 914. The fourth-order valence-corrected chi connectivity index (χ4v) is 6.26. The first kappa shape index (κ1) is 19.6. The predicted molar refractivity (Wildman–Crippen MR) is 119 cm³/mol. The van der Waals surface area contributed by atoms with Gasteiger partial charge in [0.25, 0.3) is 5.91 Å². The van der Waals surface area contributed by atoms with Crippen LogP contribution in [0.4, 0.5) is 0 Å². The van der Waals surface area contributed by atoms with Gasteiger partial charge < -0.3 is 15.0 Å². The molecule has 1 saturated carbocycles. The monoisotopic (exact) mass is 404 g/mol. The number of nitrogens with one attached hydrogen (secondary N) is 1. The highest BCUT2D eigenvalue weighted by Gasteiger charge is 2.60. The standard InChI is InChI=1S/C26H32N2O2/c1-18-9-6-7-12-22(18)30-17-25(29)28-21-16-26(2)23(13-8-14-24(26)28)27-20(21)15-19-10-4-3-5-11-19/h3-7,9-12,20-21,23-24,27H,8,13-17H2,1-2H3/t20-,21+,23-,24+,26-/m1/s1. The zero-order valence-electron chi connectivity index (χ0n) is 18.0. The number of para-hydroxylation sites is 1. The zero-order valence-corrected chi connectivity index (χ0v) is 18.0. The molecular weight excluding hydrogens is 372 g/mol. The molecule has 1 N–H and O–H groups in total. The van der Waals surface area contributed by atoms with Gasteiger partial charge in [0.2, 0.25) is 0 Å². The summed E-state index contributed by atoms with van der Waals surface area (Å²) < 4.78 is 5.97. The topological polar surface area (TPSA) is 41.6 Å². The zero-order chi connectivity index (χ0) is 20.7. The van der Waals surface area contributed by atoms with E-state index in [2.05, 4.69) is 47.5 Å².